The molecule has 0 fully saturated rings. The first-order valence-electron chi connectivity index (χ1n) is 8.14. The molecule has 0 spiro atoms. The van der Waals surface area contributed by atoms with Crippen molar-refractivity contribution in [2.45, 2.75) is 13.3 Å². The third-order valence-electron chi connectivity index (χ3n) is 4.08. The van der Waals surface area contributed by atoms with Crippen LogP contribution in [0.2, 0.25) is 0 Å². The Kier molecular flexibility index (Phi) is 5.02. The average Bonchev–Trinajstić information content (AvgIpc) is 2.64. The minimum absolute atomic E-state index is 0.113. The fraction of sp³-hybridized carbons (Fsp3) is 0.0870. The highest BCUT2D eigenvalue weighted by Crippen LogP contribution is 2.29. The molecule has 0 saturated carbocycles. The Hall–Kier alpha value is -2.93. The molecule has 3 aromatic carbocycles. The smallest absolute Gasteiger partial charge is 0.156 e. The van der Waals surface area contributed by atoms with Crippen LogP contribution in [0.4, 0.5) is 0 Å². The molecule has 0 aliphatic carbocycles. The van der Waals surface area contributed by atoms with Gasteiger partial charge in [0, 0.05) is 12.0 Å². The third kappa shape index (κ3) is 3.69. The van der Waals surface area contributed by atoms with Crippen LogP contribution < -0.4 is 0 Å². The maximum absolute atomic E-state index is 12.5. The third-order valence-corrected chi connectivity index (χ3v) is 4.08. The summed E-state index contributed by atoms with van der Waals surface area (Å²) in [6.45, 7) is 1.66. The maximum atomic E-state index is 12.5. The van der Waals surface area contributed by atoms with Gasteiger partial charge in [-0.05, 0) is 29.2 Å². The fourth-order valence-corrected chi connectivity index (χ4v) is 2.91. The molecule has 24 heavy (non-hydrogen) atoms. The highest BCUT2D eigenvalue weighted by molar-refractivity contribution is 6.04. The molecular weight excluding hydrogens is 292 g/mol. The monoisotopic (exact) mass is 312 g/mol. The molecule has 0 aliphatic rings. The van der Waals surface area contributed by atoms with Gasteiger partial charge >= 0.3 is 0 Å². The summed E-state index contributed by atoms with van der Waals surface area (Å²) in [5, 5.41) is 0. The van der Waals surface area contributed by atoms with Gasteiger partial charge < -0.3 is 0 Å². The summed E-state index contributed by atoms with van der Waals surface area (Å²) in [5.41, 5.74) is 5.16. The predicted molar refractivity (Wildman–Crippen MR) is 99.7 cm³/mol. The lowest BCUT2D eigenvalue weighted by atomic mass is 9.88. The first-order valence-corrected chi connectivity index (χ1v) is 8.14. The number of Topliss-reactive ketones (excluding diaryl/α,β-unsaturated/α-hetero) is 1. The van der Waals surface area contributed by atoms with Crippen molar-refractivity contribution in [1.29, 1.82) is 0 Å². The highest BCUT2D eigenvalue weighted by atomic mass is 16.1. The molecule has 1 nitrogen and oxygen atoms in total. The minimum atomic E-state index is 0.113. The Morgan fingerprint density at radius 3 is 1.50 bits per heavy atom. The van der Waals surface area contributed by atoms with Gasteiger partial charge in [0.2, 0.25) is 0 Å². The van der Waals surface area contributed by atoms with Crippen LogP contribution in [-0.2, 0) is 11.2 Å². The van der Waals surface area contributed by atoms with Crippen molar-refractivity contribution < 1.29 is 4.79 Å². The number of carbonyl (C=O) groups is 1. The molecule has 0 saturated heterocycles. The summed E-state index contributed by atoms with van der Waals surface area (Å²) < 4.78 is 0. The van der Waals surface area contributed by atoms with E-state index in [2.05, 4.69) is 36.4 Å². The molecular formula is C23H20O. The topological polar surface area (TPSA) is 17.1 Å². The van der Waals surface area contributed by atoms with Crippen molar-refractivity contribution in [2.75, 3.05) is 0 Å². The van der Waals surface area contributed by atoms with E-state index in [-0.39, 0.29) is 5.78 Å². The molecule has 0 aliphatic heterocycles. The van der Waals surface area contributed by atoms with Gasteiger partial charge in [0.1, 0.15) is 0 Å². The zero-order valence-corrected chi connectivity index (χ0v) is 13.8. The lowest BCUT2D eigenvalue weighted by Crippen LogP contribution is -2.06. The number of ketones is 1. The molecule has 0 amide bonds. The van der Waals surface area contributed by atoms with Gasteiger partial charge in [0.05, 0.1) is 0 Å². The molecule has 118 valence electrons. The van der Waals surface area contributed by atoms with Crippen LogP contribution in [0.15, 0.2) is 96.6 Å². The fourth-order valence-electron chi connectivity index (χ4n) is 2.91. The zero-order chi connectivity index (χ0) is 16.8. The van der Waals surface area contributed by atoms with E-state index in [1.165, 1.54) is 0 Å². The molecule has 3 rings (SSSR count). The molecule has 0 unspecified atom stereocenters. The van der Waals surface area contributed by atoms with E-state index in [0.717, 1.165) is 27.8 Å². The van der Waals surface area contributed by atoms with Crippen molar-refractivity contribution in [2.24, 2.45) is 0 Å². The first kappa shape index (κ1) is 15.9. The van der Waals surface area contributed by atoms with E-state index < -0.39 is 0 Å². The quantitative estimate of drug-likeness (QED) is 0.583. The first-order chi connectivity index (χ1) is 11.8. The standard InChI is InChI=1S/C23H20O/c1-18(24)22(17-19-11-5-2-6-12-19)23(20-13-7-3-8-14-20)21-15-9-4-10-16-21/h2-16H,17H2,1H3. The van der Waals surface area contributed by atoms with E-state index in [0.29, 0.717) is 6.42 Å². The number of rotatable bonds is 5. The number of benzene rings is 3. The summed E-state index contributed by atoms with van der Waals surface area (Å²) in [7, 11) is 0. The summed E-state index contributed by atoms with van der Waals surface area (Å²) in [6.07, 6.45) is 0.634. The second kappa shape index (κ2) is 7.56. The minimum Gasteiger partial charge on any atom is -0.295 e. The van der Waals surface area contributed by atoms with Crippen molar-refractivity contribution >= 4 is 11.4 Å². The van der Waals surface area contributed by atoms with Gasteiger partial charge in [-0.2, -0.15) is 0 Å². The van der Waals surface area contributed by atoms with Crippen LogP contribution in [-0.4, -0.2) is 5.78 Å². The van der Waals surface area contributed by atoms with Gasteiger partial charge in [-0.3, -0.25) is 4.79 Å². The number of allylic oxidation sites excluding steroid dienone is 1. The van der Waals surface area contributed by atoms with Crippen LogP contribution in [0.25, 0.3) is 5.57 Å². The molecule has 1 heteroatoms. The maximum Gasteiger partial charge on any atom is 0.156 e. The molecule has 0 bridgehead atoms. The number of carbonyl (C=O) groups excluding carboxylic acids is 1. The lowest BCUT2D eigenvalue weighted by molar-refractivity contribution is -0.113. The molecule has 3 aromatic rings. The Morgan fingerprint density at radius 2 is 1.08 bits per heavy atom. The normalized spacial score (nSPS) is 10.2. The average molecular weight is 312 g/mol. The molecule has 0 radical (unpaired) electrons. The number of hydrogen-bond acceptors (Lipinski definition) is 1. The van der Waals surface area contributed by atoms with Crippen molar-refractivity contribution in [3.05, 3.63) is 113 Å². The van der Waals surface area contributed by atoms with Crippen LogP contribution in [0, 0.1) is 0 Å². The molecule has 0 aromatic heterocycles. The second-order valence-corrected chi connectivity index (χ2v) is 5.80. The van der Waals surface area contributed by atoms with Crippen molar-refractivity contribution in [1.82, 2.24) is 0 Å². The van der Waals surface area contributed by atoms with Crippen molar-refractivity contribution in [3.63, 3.8) is 0 Å². The van der Waals surface area contributed by atoms with E-state index in [9.17, 15) is 4.79 Å². The summed E-state index contributed by atoms with van der Waals surface area (Å²) in [6, 6.07) is 30.5. The summed E-state index contributed by atoms with van der Waals surface area (Å²) >= 11 is 0. The van der Waals surface area contributed by atoms with Crippen LogP contribution in [0.5, 0.6) is 0 Å². The second-order valence-electron chi connectivity index (χ2n) is 5.80. The van der Waals surface area contributed by atoms with Gasteiger partial charge in [0.25, 0.3) is 0 Å². The molecule has 0 N–H and O–H groups in total. The van der Waals surface area contributed by atoms with E-state index in [1.54, 1.807) is 6.92 Å². The Morgan fingerprint density at radius 1 is 0.667 bits per heavy atom. The van der Waals surface area contributed by atoms with Crippen molar-refractivity contribution in [3.8, 4) is 0 Å². The van der Waals surface area contributed by atoms with Gasteiger partial charge in [-0.15, -0.1) is 0 Å². The highest BCUT2D eigenvalue weighted by Gasteiger charge is 2.16. The van der Waals surface area contributed by atoms with E-state index in [1.807, 2.05) is 54.6 Å². The summed E-state index contributed by atoms with van der Waals surface area (Å²) in [5.74, 6) is 0.113. The van der Waals surface area contributed by atoms with Gasteiger partial charge in [-0.25, -0.2) is 0 Å². The predicted octanol–water partition coefficient (Wildman–Crippen LogP) is 5.32. The zero-order valence-electron chi connectivity index (χ0n) is 13.8. The summed E-state index contributed by atoms with van der Waals surface area (Å²) in [4.78, 5) is 12.5. The number of hydrogen-bond donors (Lipinski definition) is 0. The molecule has 0 heterocycles. The van der Waals surface area contributed by atoms with Gasteiger partial charge in [-0.1, -0.05) is 91.0 Å². The van der Waals surface area contributed by atoms with E-state index >= 15 is 0 Å². The van der Waals surface area contributed by atoms with Crippen LogP contribution in [0.1, 0.15) is 23.6 Å². The largest absolute Gasteiger partial charge is 0.295 e. The Balaban J connectivity index is 2.19. The Labute approximate surface area is 143 Å². The van der Waals surface area contributed by atoms with Crippen LogP contribution >= 0.6 is 0 Å². The van der Waals surface area contributed by atoms with Crippen LogP contribution in [0.3, 0.4) is 0 Å². The Bertz CT molecular complexity index is 789. The lowest BCUT2D eigenvalue weighted by Gasteiger charge is -2.15. The van der Waals surface area contributed by atoms with Gasteiger partial charge in [0.15, 0.2) is 5.78 Å². The SMILES string of the molecule is CC(=O)C(Cc1ccccc1)=C(c1ccccc1)c1ccccc1. The molecule has 0 atom stereocenters. The van der Waals surface area contributed by atoms with E-state index in [4.69, 9.17) is 0 Å².